The van der Waals surface area contributed by atoms with Gasteiger partial charge in [-0.3, -0.25) is 4.79 Å². The highest BCUT2D eigenvalue weighted by Gasteiger charge is 2.23. The van der Waals surface area contributed by atoms with Gasteiger partial charge in [-0.1, -0.05) is 35.9 Å². The van der Waals surface area contributed by atoms with E-state index in [4.69, 9.17) is 11.6 Å². The van der Waals surface area contributed by atoms with Gasteiger partial charge in [0.15, 0.2) is 0 Å². The molecule has 1 heterocycles. The van der Waals surface area contributed by atoms with Crippen molar-refractivity contribution in [2.45, 2.75) is 18.9 Å². The summed E-state index contributed by atoms with van der Waals surface area (Å²) in [5.41, 5.74) is 2.68. The van der Waals surface area contributed by atoms with E-state index in [1.165, 1.54) is 22.5 Å². The van der Waals surface area contributed by atoms with Crippen LogP contribution in [0.15, 0.2) is 36.4 Å². The Hall–Kier alpha value is -1.32. The zero-order chi connectivity index (χ0) is 12.5. The second-order valence-corrected chi connectivity index (χ2v) is 6.17. The molecule has 2 aromatic rings. The number of benzene rings is 1. The maximum atomic E-state index is 12.0. The Balaban J connectivity index is 1.68. The second kappa shape index (κ2) is 4.75. The van der Waals surface area contributed by atoms with Crippen LogP contribution in [0.2, 0.25) is 4.34 Å². The van der Waals surface area contributed by atoms with Crippen molar-refractivity contribution in [3.05, 3.63) is 56.7 Å². The zero-order valence-corrected chi connectivity index (χ0v) is 11.2. The smallest absolute Gasteiger partial charge is 0.261 e. The molecule has 3 rings (SSSR count). The molecule has 0 atom stereocenters. The molecule has 0 saturated heterocycles. The zero-order valence-electron chi connectivity index (χ0n) is 9.65. The van der Waals surface area contributed by atoms with Gasteiger partial charge in [0, 0.05) is 6.04 Å². The predicted octanol–water partition coefficient (Wildman–Crippen LogP) is 3.30. The van der Waals surface area contributed by atoms with Gasteiger partial charge in [-0.2, -0.15) is 0 Å². The second-order valence-electron chi connectivity index (χ2n) is 4.45. The molecule has 1 amide bonds. The molecule has 1 N–H and O–H groups in total. The highest BCUT2D eigenvalue weighted by Crippen LogP contribution is 2.24. The number of amides is 1. The summed E-state index contributed by atoms with van der Waals surface area (Å²) in [6.45, 7) is 0. The Kier molecular flexibility index (Phi) is 3.10. The van der Waals surface area contributed by atoms with Gasteiger partial charge in [0.2, 0.25) is 0 Å². The average molecular weight is 278 g/mol. The maximum Gasteiger partial charge on any atom is 0.261 e. The summed E-state index contributed by atoms with van der Waals surface area (Å²) >= 11 is 7.15. The lowest BCUT2D eigenvalue weighted by Gasteiger charge is -2.10. The quantitative estimate of drug-likeness (QED) is 0.897. The number of carbonyl (C=O) groups excluding carboxylic acids is 1. The summed E-state index contributed by atoms with van der Waals surface area (Å²) in [6.07, 6.45) is 1.84. The van der Waals surface area contributed by atoms with E-state index in [0.29, 0.717) is 9.21 Å². The standard InChI is InChI=1S/C14H12ClNOS/c15-13-6-5-12(18-13)14(17)16-11-7-9-3-1-2-4-10(9)8-11/h1-6,11H,7-8H2,(H,16,17). The monoisotopic (exact) mass is 277 g/mol. The minimum Gasteiger partial charge on any atom is -0.348 e. The molecular formula is C14H12ClNOS. The van der Waals surface area contributed by atoms with Crippen molar-refractivity contribution in [1.29, 1.82) is 0 Å². The highest BCUT2D eigenvalue weighted by atomic mass is 35.5. The molecule has 0 unspecified atom stereocenters. The van der Waals surface area contributed by atoms with Gasteiger partial charge in [-0.25, -0.2) is 0 Å². The predicted molar refractivity (Wildman–Crippen MR) is 74.4 cm³/mol. The molecule has 0 saturated carbocycles. The average Bonchev–Trinajstić information content (AvgIpc) is 2.94. The van der Waals surface area contributed by atoms with Crippen LogP contribution >= 0.6 is 22.9 Å². The van der Waals surface area contributed by atoms with Crippen molar-refractivity contribution < 1.29 is 4.79 Å². The van der Waals surface area contributed by atoms with Crippen molar-refractivity contribution in [1.82, 2.24) is 5.32 Å². The molecule has 4 heteroatoms. The Labute approximate surface area is 115 Å². The molecule has 1 aliphatic carbocycles. The lowest BCUT2D eigenvalue weighted by molar-refractivity contribution is 0.0942. The molecule has 0 radical (unpaired) electrons. The number of halogens is 1. The Morgan fingerprint density at radius 3 is 2.39 bits per heavy atom. The van der Waals surface area contributed by atoms with Gasteiger partial charge < -0.3 is 5.32 Å². The first kappa shape index (κ1) is 11.8. The van der Waals surface area contributed by atoms with E-state index in [1.54, 1.807) is 12.1 Å². The number of hydrogen-bond donors (Lipinski definition) is 1. The molecule has 1 aromatic carbocycles. The van der Waals surface area contributed by atoms with Crippen molar-refractivity contribution in [2.24, 2.45) is 0 Å². The van der Waals surface area contributed by atoms with E-state index in [0.717, 1.165) is 12.8 Å². The first-order chi connectivity index (χ1) is 8.72. The Bertz CT molecular complexity index is 568. The number of nitrogens with one attached hydrogen (secondary N) is 1. The molecule has 0 spiro atoms. The molecule has 1 aromatic heterocycles. The number of carbonyl (C=O) groups is 1. The Morgan fingerprint density at radius 1 is 1.17 bits per heavy atom. The van der Waals surface area contributed by atoms with Crippen molar-refractivity contribution in [2.75, 3.05) is 0 Å². The summed E-state index contributed by atoms with van der Waals surface area (Å²) in [6, 6.07) is 12.1. The van der Waals surface area contributed by atoms with Gasteiger partial charge in [0.25, 0.3) is 5.91 Å². The van der Waals surface area contributed by atoms with Crippen LogP contribution in [0.1, 0.15) is 20.8 Å². The Morgan fingerprint density at radius 2 is 1.83 bits per heavy atom. The largest absolute Gasteiger partial charge is 0.348 e. The SMILES string of the molecule is O=C(NC1Cc2ccccc2C1)c1ccc(Cl)s1. The molecule has 0 fully saturated rings. The topological polar surface area (TPSA) is 29.1 Å². The van der Waals surface area contributed by atoms with Crippen LogP contribution in [0.4, 0.5) is 0 Å². The van der Waals surface area contributed by atoms with Crippen LogP contribution in [-0.4, -0.2) is 11.9 Å². The molecule has 1 aliphatic rings. The fourth-order valence-electron chi connectivity index (χ4n) is 2.35. The maximum absolute atomic E-state index is 12.0. The third kappa shape index (κ3) is 2.28. The fraction of sp³-hybridized carbons (Fsp3) is 0.214. The number of rotatable bonds is 2. The molecular weight excluding hydrogens is 266 g/mol. The van der Waals surface area contributed by atoms with Crippen molar-refractivity contribution in [3.63, 3.8) is 0 Å². The van der Waals surface area contributed by atoms with Crippen LogP contribution in [0.25, 0.3) is 0 Å². The summed E-state index contributed by atoms with van der Waals surface area (Å²) in [5.74, 6) is -0.0234. The van der Waals surface area contributed by atoms with E-state index in [-0.39, 0.29) is 11.9 Å². The van der Waals surface area contributed by atoms with Crippen LogP contribution < -0.4 is 5.32 Å². The van der Waals surface area contributed by atoms with Crippen LogP contribution in [0.3, 0.4) is 0 Å². The van der Waals surface area contributed by atoms with Gasteiger partial charge in [-0.05, 0) is 36.1 Å². The highest BCUT2D eigenvalue weighted by molar-refractivity contribution is 7.17. The summed E-state index contributed by atoms with van der Waals surface area (Å²) in [5, 5.41) is 3.07. The van der Waals surface area contributed by atoms with Gasteiger partial charge >= 0.3 is 0 Å². The third-order valence-corrected chi connectivity index (χ3v) is 4.41. The third-order valence-electron chi connectivity index (χ3n) is 3.18. The van der Waals surface area contributed by atoms with Crippen LogP contribution in [0.5, 0.6) is 0 Å². The molecule has 92 valence electrons. The first-order valence-corrected chi connectivity index (χ1v) is 7.05. The van der Waals surface area contributed by atoms with E-state index < -0.39 is 0 Å². The minimum absolute atomic E-state index is 0.0234. The van der Waals surface area contributed by atoms with E-state index >= 15 is 0 Å². The van der Waals surface area contributed by atoms with E-state index in [1.807, 2.05) is 12.1 Å². The number of thiophene rings is 1. The molecule has 2 nitrogen and oxygen atoms in total. The molecule has 0 aliphatic heterocycles. The number of hydrogen-bond acceptors (Lipinski definition) is 2. The first-order valence-electron chi connectivity index (χ1n) is 5.85. The van der Waals surface area contributed by atoms with Gasteiger partial charge in [0.1, 0.15) is 0 Å². The molecule has 0 bridgehead atoms. The summed E-state index contributed by atoms with van der Waals surface area (Å²) < 4.78 is 0.648. The normalized spacial score (nSPS) is 14.5. The summed E-state index contributed by atoms with van der Waals surface area (Å²) in [4.78, 5) is 12.7. The van der Waals surface area contributed by atoms with Crippen molar-refractivity contribution >= 4 is 28.8 Å². The lowest BCUT2D eigenvalue weighted by Crippen LogP contribution is -2.34. The summed E-state index contributed by atoms with van der Waals surface area (Å²) in [7, 11) is 0. The van der Waals surface area contributed by atoms with Crippen molar-refractivity contribution in [3.8, 4) is 0 Å². The van der Waals surface area contributed by atoms with Gasteiger partial charge in [-0.15, -0.1) is 11.3 Å². The van der Waals surface area contributed by atoms with Crippen LogP contribution in [0, 0.1) is 0 Å². The van der Waals surface area contributed by atoms with E-state index in [2.05, 4.69) is 17.4 Å². The van der Waals surface area contributed by atoms with Crippen LogP contribution in [-0.2, 0) is 12.8 Å². The lowest BCUT2D eigenvalue weighted by atomic mass is 10.1. The minimum atomic E-state index is -0.0234. The molecule has 18 heavy (non-hydrogen) atoms. The van der Waals surface area contributed by atoms with Gasteiger partial charge in [0.05, 0.1) is 9.21 Å². The fourth-order valence-corrected chi connectivity index (χ4v) is 3.30. The number of fused-ring (bicyclic) bond motifs is 1. The van der Waals surface area contributed by atoms with E-state index in [9.17, 15) is 4.79 Å².